The maximum atomic E-state index is 13.9. The lowest BCUT2D eigenvalue weighted by atomic mass is 9.98. The molecule has 0 atom stereocenters. The Morgan fingerprint density at radius 1 is 0.955 bits per heavy atom. The van der Waals surface area contributed by atoms with E-state index in [1.54, 1.807) is 20.8 Å². The van der Waals surface area contributed by atoms with Crippen LogP contribution in [0.25, 0.3) is 10.9 Å². The average Bonchev–Trinajstić information content (AvgIpc) is 3.78. The topological polar surface area (TPSA) is 93.1 Å². The van der Waals surface area contributed by atoms with Crippen molar-refractivity contribution in [3.8, 4) is 0 Å². The SMILES string of the molecule is Cc1ccccc1CNc1cc(C(=O)N2CCN(CC(=O)OCOC(=O)C(C)(C)C)CC2)cc2c(C)c(C)n(CC3CC3)c12. The molecule has 236 valence electrons. The monoisotopic (exact) mass is 602 g/mol. The molecule has 0 spiro atoms. The van der Waals surface area contributed by atoms with E-state index in [-0.39, 0.29) is 12.5 Å². The number of anilines is 1. The summed E-state index contributed by atoms with van der Waals surface area (Å²) in [5, 5.41) is 4.82. The van der Waals surface area contributed by atoms with Crippen LogP contribution < -0.4 is 5.32 Å². The number of carbonyl (C=O) groups is 3. The van der Waals surface area contributed by atoms with Crippen molar-refractivity contribution in [1.29, 1.82) is 0 Å². The van der Waals surface area contributed by atoms with Crippen molar-refractivity contribution in [2.45, 2.75) is 67.5 Å². The molecule has 9 nitrogen and oxygen atoms in total. The van der Waals surface area contributed by atoms with E-state index in [1.165, 1.54) is 40.7 Å². The molecule has 2 aliphatic rings. The number of fused-ring (bicyclic) bond motifs is 1. The van der Waals surface area contributed by atoms with Crippen molar-refractivity contribution in [3.63, 3.8) is 0 Å². The van der Waals surface area contributed by atoms with Gasteiger partial charge in [-0.15, -0.1) is 0 Å². The number of benzene rings is 2. The molecule has 1 N–H and O–H groups in total. The number of esters is 2. The number of ether oxygens (including phenoxy) is 2. The van der Waals surface area contributed by atoms with Crippen molar-refractivity contribution in [1.82, 2.24) is 14.4 Å². The second-order valence-corrected chi connectivity index (χ2v) is 13.3. The Morgan fingerprint density at radius 2 is 1.66 bits per heavy atom. The molecule has 5 rings (SSSR count). The number of nitrogens with zero attached hydrogens (tertiary/aromatic N) is 3. The average molecular weight is 603 g/mol. The Balaban J connectivity index is 1.28. The molecule has 0 bridgehead atoms. The minimum Gasteiger partial charge on any atom is -0.427 e. The van der Waals surface area contributed by atoms with Crippen LogP contribution in [0.2, 0.25) is 0 Å². The molecule has 1 aliphatic carbocycles. The van der Waals surface area contributed by atoms with Crippen LogP contribution in [0.15, 0.2) is 36.4 Å². The number of rotatable bonds is 10. The van der Waals surface area contributed by atoms with E-state index in [0.29, 0.717) is 38.3 Å². The van der Waals surface area contributed by atoms with Gasteiger partial charge in [-0.1, -0.05) is 24.3 Å². The summed E-state index contributed by atoms with van der Waals surface area (Å²) in [7, 11) is 0. The van der Waals surface area contributed by atoms with Gasteiger partial charge in [0.05, 0.1) is 23.2 Å². The first kappa shape index (κ1) is 31.6. The van der Waals surface area contributed by atoms with Gasteiger partial charge in [-0.3, -0.25) is 19.3 Å². The maximum Gasteiger partial charge on any atom is 0.323 e. The molecule has 9 heteroatoms. The molecule has 0 radical (unpaired) electrons. The number of amides is 1. The first-order chi connectivity index (χ1) is 20.9. The van der Waals surface area contributed by atoms with Gasteiger partial charge in [-0.05, 0) is 89.1 Å². The lowest BCUT2D eigenvalue weighted by molar-refractivity contribution is -0.173. The van der Waals surface area contributed by atoms with E-state index in [9.17, 15) is 14.4 Å². The Kier molecular flexibility index (Phi) is 9.34. The van der Waals surface area contributed by atoms with E-state index in [2.05, 4.69) is 61.0 Å². The molecule has 1 saturated heterocycles. The van der Waals surface area contributed by atoms with Gasteiger partial charge in [-0.2, -0.15) is 0 Å². The fourth-order valence-electron chi connectivity index (χ4n) is 5.71. The number of piperazine rings is 1. The molecule has 1 saturated carbocycles. The Hall–Kier alpha value is -3.85. The van der Waals surface area contributed by atoms with Crippen LogP contribution in [0.3, 0.4) is 0 Å². The summed E-state index contributed by atoms with van der Waals surface area (Å²) in [4.78, 5) is 41.9. The van der Waals surface area contributed by atoms with Crippen LogP contribution in [0, 0.1) is 32.1 Å². The number of aromatic nitrogens is 1. The van der Waals surface area contributed by atoms with Crippen molar-refractivity contribution in [2.75, 3.05) is 44.8 Å². The highest BCUT2D eigenvalue weighted by Crippen LogP contribution is 2.38. The summed E-state index contributed by atoms with van der Waals surface area (Å²) >= 11 is 0. The number of hydrogen-bond acceptors (Lipinski definition) is 7. The van der Waals surface area contributed by atoms with Gasteiger partial charge in [-0.25, -0.2) is 0 Å². The third kappa shape index (κ3) is 7.26. The molecule has 0 unspecified atom stereocenters. The fraction of sp³-hybridized carbons (Fsp3) is 0.514. The maximum absolute atomic E-state index is 13.9. The van der Waals surface area contributed by atoms with Crippen LogP contribution in [0.1, 0.15) is 66.4 Å². The molecule has 2 fully saturated rings. The smallest absolute Gasteiger partial charge is 0.323 e. The zero-order valence-electron chi connectivity index (χ0n) is 27.0. The fourth-order valence-corrected chi connectivity index (χ4v) is 5.71. The Labute approximate surface area is 260 Å². The second kappa shape index (κ2) is 13.0. The number of hydrogen-bond donors (Lipinski definition) is 1. The van der Waals surface area contributed by atoms with Crippen molar-refractivity contribution in [2.24, 2.45) is 11.3 Å². The number of aryl methyl sites for hydroxylation is 2. The van der Waals surface area contributed by atoms with E-state index in [1.807, 2.05) is 15.9 Å². The lowest BCUT2D eigenvalue weighted by Gasteiger charge is -2.34. The Morgan fingerprint density at radius 3 is 2.32 bits per heavy atom. The van der Waals surface area contributed by atoms with Gasteiger partial charge in [0, 0.05) is 55.9 Å². The van der Waals surface area contributed by atoms with Gasteiger partial charge < -0.3 is 24.3 Å². The molecule has 1 amide bonds. The quantitative estimate of drug-likeness (QED) is 0.244. The highest BCUT2D eigenvalue weighted by Gasteiger charge is 2.28. The predicted molar refractivity (Wildman–Crippen MR) is 171 cm³/mol. The number of carbonyl (C=O) groups excluding carboxylic acids is 3. The third-order valence-electron chi connectivity index (χ3n) is 8.88. The zero-order chi connectivity index (χ0) is 31.6. The second-order valence-electron chi connectivity index (χ2n) is 13.3. The minimum atomic E-state index is -0.657. The van der Waals surface area contributed by atoms with Crippen LogP contribution >= 0.6 is 0 Å². The molecule has 1 aromatic heterocycles. The highest BCUT2D eigenvalue weighted by molar-refractivity contribution is 6.04. The van der Waals surface area contributed by atoms with Crippen molar-refractivity contribution in [3.05, 3.63) is 64.3 Å². The van der Waals surface area contributed by atoms with Gasteiger partial charge in [0.15, 0.2) is 0 Å². The molecule has 2 heterocycles. The molecular weight excluding hydrogens is 556 g/mol. The van der Waals surface area contributed by atoms with E-state index >= 15 is 0 Å². The third-order valence-corrected chi connectivity index (χ3v) is 8.88. The van der Waals surface area contributed by atoms with E-state index < -0.39 is 24.1 Å². The minimum absolute atomic E-state index is 0.00541. The van der Waals surface area contributed by atoms with E-state index in [0.717, 1.165) is 23.5 Å². The summed E-state index contributed by atoms with van der Waals surface area (Å²) in [5.74, 6) is -0.160. The van der Waals surface area contributed by atoms with Crippen LogP contribution in [0.4, 0.5) is 5.69 Å². The van der Waals surface area contributed by atoms with Crippen LogP contribution in [-0.4, -0.2) is 71.7 Å². The van der Waals surface area contributed by atoms with Gasteiger partial charge in [0.25, 0.3) is 5.91 Å². The molecule has 1 aliphatic heterocycles. The summed E-state index contributed by atoms with van der Waals surface area (Å²) in [6, 6.07) is 12.5. The molecule has 44 heavy (non-hydrogen) atoms. The molecule has 2 aromatic carbocycles. The normalized spacial score (nSPS) is 15.8. The first-order valence-electron chi connectivity index (χ1n) is 15.7. The van der Waals surface area contributed by atoms with Gasteiger partial charge in [0.1, 0.15) is 0 Å². The van der Waals surface area contributed by atoms with Crippen molar-refractivity contribution >= 4 is 34.4 Å². The highest BCUT2D eigenvalue weighted by atomic mass is 16.7. The summed E-state index contributed by atoms with van der Waals surface area (Å²) in [6.07, 6.45) is 2.55. The first-order valence-corrected chi connectivity index (χ1v) is 15.7. The van der Waals surface area contributed by atoms with Crippen LogP contribution in [0.5, 0.6) is 0 Å². The lowest BCUT2D eigenvalue weighted by Crippen LogP contribution is -2.50. The van der Waals surface area contributed by atoms with Crippen molar-refractivity contribution < 1.29 is 23.9 Å². The van der Waals surface area contributed by atoms with E-state index in [4.69, 9.17) is 9.47 Å². The van der Waals surface area contributed by atoms with Gasteiger partial charge in [0.2, 0.25) is 6.79 Å². The zero-order valence-corrected chi connectivity index (χ0v) is 27.0. The predicted octanol–water partition coefficient (Wildman–Crippen LogP) is 5.44. The number of nitrogens with one attached hydrogen (secondary N) is 1. The summed E-state index contributed by atoms with van der Waals surface area (Å²) in [6.45, 7) is 15.2. The van der Waals surface area contributed by atoms with Crippen LogP contribution in [-0.2, 0) is 32.2 Å². The van der Waals surface area contributed by atoms with Gasteiger partial charge >= 0.3 is 11.9 Å². The standard InChI is InChI=1S/C35H46N4O5/c1-23-9-7-8-10-27(23)19-36-30-18-28(17-29-24(2)25(3)39(32(29)30)20-26-11-12-26)33(41)38-15-13-37(14-16-38)21-31(40)43-22-44-34(42)35(4,5)6/h7-10,17-18,26,36H,11-16,19-22H2,1-6H3. The Bertz CT molecular complexity index is 1540. The largest absolute Gasteiger partial charge is 0.427 e. The summed E-state index contributed by atoms with van der Waals surface area (Å²) in [5.41, 5.74) is 7.10. The molecular formula is C35H46N4O5. The summed E-state index contributed by atoms with van der Waals surface area (Å²) < 4.78 is 12.6. The molecule has 3 aromatic rings.